The van der Waals surface area contributed by atoms with Crippen LogP contribution < -0.4 is 4.74 Å². The summed E-state index contributed by atoms with van der Waals surface area (Å²) in [4.78, 5) is 28.7. The van der Waals surface area contributed by atoms with Crippen LogP contribution in [-0.2, 0) is 51.2 Å². The van der Waals surface area contributed by atoms with Crippen molar-refractivity contribution >= 4 is 56.9 Å². The van der Waals surface area contributed by atoms with Crippen molar-refractivity contribution in [2.45, 2.75) is 50.4 Å². The minimum atomic E-state index is -1.01. The highest BCUT2D eigenvalue weighted by molar-refractivity contribution is 7.98. The summed E-state index contributed by atoms with van der Waals surface area (Å²) in [6, 6.07) is 18.2. The Kier molecular flexibility index (Phi) is 8.66. The van der Waals surface area contributed by atoms with Gasteiger partial charge in [-0.3, -0.25) is 14.2 Å². The first kappa shape index (κ1) is 32.8. The molecule has 6 aromatic rings. The van der Waals surface area contributed by atoms with Crippen molar-refractivity contribution in [1.29, 1.82) is 0 Å². The molecule has 7 rings (SSSR count). The van der Waals surface area contributed by atoms with E-state index in [0.717, 1.165) is 55.0 Å². The van der Waals surface area contributed by atoms with Crippen LogP contribution in [0.25, 0.3) is 32.8 Å². The van der Waals surface area contributed by atoms with E-state index >= 15 is 0 Å². The van der Waals surface area contributed by atoms with Crippen molar-refractivity contribution in [3.63, 3.8) is 0 Å². The van der Waals surface area contributed by atoms with Crippen LogP contribution in [0.3, 0.4) is 0 Å². The quantitative estimate of drug-likeness (QED) is 0.192. The maximum atomic E-state index is 13.1. The molecule has 0 radical (unpaired) electrons. The SMILES string of the molecule is CC(=O)N1Cc2cc(n(C)n2)CSc2cc(c3ccccc3c2)OCCCc2c(C(=O)O)n(C)c3c(c(Cl)ccc23)-c2c(nn(C)c2C)C1. The molecule has 1 N–H and O–H groups in total. The molecule has 0 spiro atoms. The van der Waals surface area contributed by atoms with Crippen LogP contribution in [0.1, 0.15) is 52.2 Å². The zero-order valence-corrected chi connectivity index (χ0v) is 29.7. The van der Waals surface area contributed by atoms with Crippen LogP contribution in [-0.4, -0.2) is 52.6 Å². The number of thioether (sulfide) groups is 1. The molecule has 252 valence electrons. The van der Waals surface area contributed by atoms with E-state index < -0.39 is 5.97 Å². The van der Waals surface area contributed by atoms with Crippen LogP contribution >= 0.6 is 23.4 Å². The number of nitrogens with zero attached hydrogens (tertiary/aromatic N) is 6. The number of carboxylic acid groups (broad SMARTS) is 1. The molecule has 0 aliphatic carbocycles. The zero-order chi connectivity index (χ0) is 34.6. The summed E-state index contributed by atoms with van der Waals surface area (Å²) in [6.07, 6.45) is 1.09. The number of ether oxygens (including phenoxy) is 1. The standard InChI is InChI=1S/C37H37ClN6O4S/c1-21-33-31(40-42(21)4)19-44(22(2)45)18-24-16-25(43(5)39-24)20-49-26-15-23-9-6-7-10-27(23)32(17-26)48-14-8-11-28-29-12-13-30(38)34(33)35(29)41(3)36(28)37(46)47/h6-7,9-10,12-13,15-17H,8,11,14,18-20H2,1-5H3,(H,46,47). The second-order valence-corrected chi connectivity index (χ2v) is 14.0. The number of carboxylic acids is 1. The van der Waals surface area contributed by atoms with E-state index in [4.69, 9.17) is 26.5 Å². The number of rotatable bonds is 1. The Bertz CT molecular complexity index is 2290. The number of carbonyl (C=O) groups is 2. The predicted molar refractivity (Wildman–Crippen MR) is 192 cm³/mol. The minimum absolute atomic E-state index is 0.114. The van der Waals surface area contributed by atoms with Crippen molar-refractivity contribution in [2.24, 2.45) is 21.1 Å². The van der Waals surface area contributed by atoms with Crippen molar-refractivity contribution in [3.8, 4) is 16.9 Å². The molecule has 0 fully saturated rings. The van der Waals surface area contributed by atoms with Gasteiger partial charge in [-0.2, -0.15) is 10.2 Å². The number of carbonyl (C=O) groups excluding carboxylic acids is 1. The van der Waals surface area contributed by atoms with E-state index in [1.54, 1.807) is 39.9 Å². The molecule has 0 unspecified atom stereocenters. The summed E-state index contributed by atoms with van der Waals surface area (Å²) >= 11 is 8.70. The minimum Gasteiger partial charge on any atom is -0.493 e. The van der Waals surface area contributed by atoms with Gasteiger partial charge in [-0.25, -0.2) is 4.79 Å². The Labute approximate surface area is 293 Å². The first-order valence-corrected chi connectivity index (χ1v) is 17.5. The van der Waals surface area contributed by atoms with E-state index in [9.17, 15) is 14.7 Å². The normalized spacial score (nSPS) is 14.1. The lowest BCUT2D eigenvalue weighted by molar-refractivity contribution is -0.130. The number of aryl methyl sites for hydroxylation is 4. The molecule has 3 aromatic heterocycles. The zero-order valence-electron chi connectivity index (χ0n) is 28.1. The molecule has 10 nitrogen and oxygen atoms in total. The molecule has 3 aromatic carbocycles. The lowest BCUT2D eigenvalue weighted by Crippen LogP contribution is -2.28. The fourth-order valence-electron chi connectivity index (χ4n) is 6.96. The van der Waals surface area contributed by atoms with Gasteiger partial charge in [0.2, 0.25) is 5.91 Å². The van der Waals surface area contributed by atoms with Crippen LogP contribution in [0.15, 0.2) is 59.5 Å². The van der Waals surface area contributed by atoms with E-state index in [0.29, 0.717) is 53.5 Å². The number of aromatic carboxylic acids is 1. The van der Waals surface area contributed by atoms with Gasteiger partial charge in [0, 0.05) is 72.0 Å². The maximum absolute atomic E-state index is 13.1. The molecule has 8 bridgehead atoms. The summed E-state index contributed by atoms with van der Waals surface area (Å²) in [5, 5.41) is 23.5. The van der Waals surface area contributed by atoms with Crippen LogP contribution in [0.4, 0.5) is 0 Å². The third-order valence-electron chi connectivity index (χ3n) is 9.45. The van der Waals surface area contributed by atoms with Gasteiger partial charge >= 0.3 is 5.97 Å². The Balaban J connectivity index is 1.40. The fraction of sp³-hybridized carbons (Fsp3) is 0.297. The Hall–Kier alpha value is -4.74. The van der Waals surface area contributed by atoms with Crippen molar-refractivity contribution in [3.05, 3.63) is 93.7 Å². The van der Waals surface area contributed by atoms with Crippen LogP contribution in [0.2, 0.25) is 5.02 Å². The van der Waals surface area contributed by atoms with Crippen LogP contribution in [0.5, 0.6) is 5.75 Å². The summed E-state index contributed by atoms with van der Waals surface area (Å²) in [5.74, 6) is 0.347. The van der Waals surface area contributed by atoms with Gasteiger partial charge in [-0.15, -0.1) is 11.8 Å². The number of fused-ring (bicyclic) bond motifs is 8. The molecule has 1 aliphatic heterocycles. The summed E-state index contributed by atoms with van der Waals surface area (Å²) in [6.45, 7) is 4.44. The summed E-state index contributed by atoms with van der Waals surface area (Å²) in [7, 11) is 5.55. The Morgan fingerprint density at radius 3 is 2.53 bits per heavy atom. The molecular formula is C37H37ClN6O4S. The molecule has 0 atom stereocenters. The van der Waals surface area contributed by atoms with E-state index in [-0.39, 0.29) is 18.1 Å². The van der Waals surface area contributed by atoms with Gasteiger partial charge in [0.25, 0.3) is 0 Å². The average molecular weight is 697 g/mol. The third kappa shape index (κ3) is 5.95. The largest absolute Gasteiger partial charge is 0.493 e. The molecule has 1 amide bonds. The molecule has 1 aliphatic rings. The summed E-state index contributed by atoms with van der Waals surface area (Å²) < 4.78 is 11.8. The fourth-order valence-corrected chi connectivity index (χ4v) is 8.19. The van der Waals surface area contributed by atoms with Gasteiger partial charge in [0.1, 0.15) is 11.4 Å². The predicted octanol–water partition coefficient (Wildman–Crippen LogP) is 7.29. The molecule has 0 saturated carbocycles. The highest BCUT2D eigenvalue weighted by Crippen LogP contribution is 2.42. The molecule has 0 saturated heterocycles. The monoisotopic (exact) mass is 696 g/mol. The molecule has 12 heteroatoms. The average Bonchev–Trinajstić information content (AvgIpc) is 3.66. The molecule has 49 heavy (non-hydrogen) atoms. The number of halogens is 1. The second kappa shape index (κ2) is 12.9. The molecular weight excluding hydrogens is 660 g/mol. The highest BCUT2D eigenvalue weighted by atomic mass is 35.5. The summed E-state index contributed by atoms with van der Waals surface area (Å²) in [5.41, 5.74) is 6.46. The smallest absolute Gasteiger partial charge is 0.352 e. The number of hydrogen-bond donors (Lipinski definition) is 1. The Morgan fingerprint density at radius 1 is 0.959 bits per heavy atom. The first-order valence-electron chi connectivity index (χ1n) is 16.1. The number of benzene rings is 3. The van der Waals surface area contributed by atoms with E-state index in [1.165, 1.54) is 0 Å². The van der Waals surface area contributed by atoms with Crippen molar-refractivity contribution in [1.82, 2.24) is 29.0 Å². The number of amides is 1. The van der Waals surface area contributed by atoms with Crippen molar-refractivity contribution < 1.29 is 19.4 Å². The number of aromatic nitrogens is 5. The number of hydrogen-bond acceptors (Lipinski definition) is 6. The molecule has 4 heterocycles. The van der Waals surface area contributed by atoms with Gasteiger partial charge in [0.05, 0.1) is 41.6 Å². The Morgan fingerprint density at radius 2 is 1.76 bits per heavy atom. The maximum Gasteiger partial charge on any atom is 0.352 e. The van der Waals surface area contributed by atoms with Gasteiger partial charge in [-0.1, -0.05) is 41.9 Å². The van der Waals surface area contributed by atoms with E-state index in [1.807, 2.05) is 56.0 Å². The van der Waals surface area contributed by atoms with Crippen LogP contribution in [0, 0.1) is 6.92 Å². The van der Waals surface area contributed by atoms with Gasteiger partial charge in [-0.05, 0) is 55.0 Å². The first-order chi connectivity index (χ1) is 23.5. The lowest BCUT2D eigenvalue weighted by Gasteiger charge is -2.20. The lowest BCUT2D eigenvalue weighted by atomic mass is 9.97. The van der Waals surface area contributed by atoms with E-state index in [2.05, 4.69) is 24.3 Å². The van der Waals surface area contributed by atoms with Crippen molar-refractivity contribution in [2.75, 3.05) is 6.61 Å². The second-order valence-electron chi connectivity index (χ2n) is 12.5. The highest BCUT2D eigenvalue weighted by Gasteiger charge is 2.28. The third-order valence-corrected chi connectivity index (χ3v) is 10.8. The van der Waals surface area contributed by atoms with Gasteiger partial charge < -0.3 is 19.3 Å². The topological polar surface area (TPSA) is 107 Å². The van der Waals surface area contributed by atoms with Gasteiger partial charge in [0.15, 0.2) is 0 Å².